The minimum absolute atomic E-state index is 0.0204. The molecule has 3 N–H and O–H groups in total. The van der Waals surface area contributed by atoms with Gasteiger partial charge < -0.3 is 11.1 Å². The van der Waals surface area contributed by atoms with E-state index in [1.165, 1.54) is 18.2 Å². The summed E-state index contributed by atoms with van der Waals surface area (Å²) in [5.41, 5.74) is 5.63. The number of amides is 2. The summed E-state index contributed by atoms with van der Waals surface area (Å²) in [5.74, 6) is -0.500. The monoisotopic (exact) mass is 227 g/mol. The highest BCUT2D eigenvalue weighted by atomic mass is 35.5. The van der Waals surface area contributed by atoms with Crippen LogP contribution in [0, 0.1) is 5.82 Å². The molecule has 0 bridgehead atoms. The molecule has 1 atom stereocenters. The zero-order valence-corrected chi connectivity index (χ0v) is 8.25. The molecule has 0 radical (unpaired) electrons. The first kappa shape index (κ1) is 9.92. The fourth-order valence-corrected chi connectivity index (χ4v) is 1.69. The van der Waals surface area contributed by atoms with Crippen molar-refractivity contribution in [2.24, 2.45) is 10.7 Å². The largest absolute Gasteiger partial charge is 0.385 e. The second-order valence-electron chi connectivity index (χ2n) is 3.05. The number of amidine groups is 1. The minimum atomic E-state index is -0.772. The smallest absolute Gasteiger partial charge is 0.343 e. The molecule has 15 heavy (non-hydrogen) atoms. The van der Waals surface area contributed by atoms with Gasteiger partial charge in [-0.25, -0.2) is 9.18 Å². The lowest BCUT2D eigenvalue weighted by Crippen LogP contribution is -2.29. The molecule has 0 saturated heterocycles. The maximum atomic E-state index is 13.5. The number of halogens is 2. The van der Waals surface area contributed by atoms with E-state index in [0.29, 0.717) is 0 Å². The molecular formula is C9H7ClFN3O. The Hall–Kier alpha value is -1.62. The zero-order valence-electron chi connectivity index (χ0n) is 7.50. The number of carbonyl (C=O) groups excluding carboxylic acids is 1. The van der Waals surface area contributed by atoms with Crippen molar-refractivity contribution in [1.29, 1.82) is 0 Å². The van der Waals surface area contributed by atoms with Gasteiger partial charge in [0, 0.05) is 10.6 Å². The average Bonchev–Trinajstić information content (AvgIpc) is 2.45. The number of carbonyl (C=O) groups is 1. The minimum Gasteiger partial charge on any atom is -0.385 e. The van der Waals surface area contributed by atoms with E-state index in [-0.39, 0.29) is 16.4 Å². The van der Waals surface area contributed by atoms with Crippen LogP contribution in [-0.4, -0.2) is 11.9 Å². The van der Waals surface area contributed by atoms with E-state index in [1.807, 2.05) is 0 Å². The fraction of sp³-hybridized carbons (Fsp3) is 0.111. The number of benzene rings is 1. The number of urea groups is 1. The molecule has 0 saturated carbocycles. The number of hydrogen-bond acceptors (Lipinski definition) is 2. The van der Waals surface area contributed by atoms with Gasteiger partial charge in [-0.1, -0.05) is 17.7 Å². The molecule has 1 aromatic carbocycles. The predicted molar refractivity (Wildman–Crippen MR) is 54.3 cm³/mol. The lowest BCUT2D eigenvalue weighted by Gasteiger charge is -2.13. The quantitative estimate of drug-likeness (QED) is 0.765. The number of nitrogens with zero attached hydrogens (tertiary/aromatic N) is 1. The van der Waals surface area contributed by atoms with Gasteiger partial charge in [0.2, 0.25) is 0 Å². The van der Waals surface area contributed by atoms with Crippen LogP contribution in [0.1, 0.15) is 11.6 Å². The standard InChI is InChI=1S/C9H7ClFN3O/c10-4-2-1-3-5(11)6(4)7-8(12)14-9(15)13-7/h1-3,7H,(H3,12,13,14,15). The summed E-state index contributed by atoms with van der Waals surface area (Å²) in [7, 11) is 0. The highest BCUT2D eigenvalue weighted by Crippen LogP contribution is 2.27. The molecule has 0 fully saturated rings. The summed E-state index contributed by atoms with van der Waals surface area (Å²) < 4.78 is 13.5. The Kier molecular flexibility index (Phi) is 2.32. The van der Waals surface area contributed by atoms with Crippen molar-refractivity contribution >= 4 is 23.5 Å². The number of nitrogens with two attached hydrogens (primary N) is 1. The van der Waals surface area contributed by atoms with Crippen LogP contribution >= 0.6 is 11.6 Å². The summed E-state index contributed by atoms with van der Waals surface area (Å²) >= 11 is 5.82. The molecule has 1 aliphatic rings. The number of aliphatic imine (C=N–C) groups is 1. The number of nitrogens with one attached hydrogen (secondary N) is 1. The lowest BCUT2D eigenvalue weighted by molar-refractivity contribution is 0.250. The highest BCUT2D eigenvalue weighted by molar-refractivity contribution is 6.31. The van der Waals surface area contributed by atoms with Crippen LogP contribution in [-0.2, 0) is 0 Å². The Morgan fingerprint density at radius 3 is 2.80 bits per heavy atom. The van der Waals surface area contributed by atoms with Crippen molar-refractivity contribution in [2.45, 2.75) is 6.04 Å². The van der Waals surface area contributed by atoms with Gasteiger partial charge in [-0.05, 0) is 12.1 Å². The van der Waals surface area contributed by atoms with Gasteiger partial charge in [0.1, 0.15) is 17.7 Å². The summed E-state index contributed by atoms with van der Waals surface area (Å²) in [6.07, 6.45) is 0. The Morgan fingerprint density at radius 1 is 1.53 bits per heavy atom. The van der Waals surface area contributed by atoms with E-state index in [9.17, 15) is 9.18 Å². The SMILES string of the molecule is NC1=NC(=O)NC1c1c(F)cccc1Cl. The number of hydrogen-bond donors (Lipinski definition) is 2. The van der Waals surface area contributed by atoms with Gasteiger partial charge in [0.05, 0.1) is 0 Å². The van der Waals surface area contributed by atoms with Crippen LogP contribution in [0.5, 0.6) is 0 Å². The number of rotatable bonds is 1. The average molecular weight is 228 g/mol. The second-order valence-corrected chi connectivity index (χ2v) is 3.46. The van der Waals surface area contributed by atoms with E-state index in [1.54, 1.807) is 0 Å². The topological polar surface area (TPSA) is 67.5 Å². The molecule has 1 aliphatic heterocycles. The normalized spacial score (nSPS) is 20.0. The van der Waals surface area contributed by atoms with E-state index in [2.05, 4.69) is 10.3 Å². The van der Waals surface area contributed by atoms with Gasteiger partial charge >= 0.3 is 6.03 Å². The molecule has 1 heterocycles. The van der Waals surface area contributed by atoms with Crippen molar-refractivity contribution in [1.82, 2.24) is 5.32 Å². The molecule has 1 unspecified atom stereocenters. The third-order valence-corrected chi connectivity index (χ3v) is 2.41. The van der Waals surface area contributed by atoms with Crippen LogP contribution in [0.2, 0.25) is 5.02 Å². The van der Waals surface area contributed by atoms with Gasteiger partial charge in [0.15, 0.2) is 0 Å². The Morgan fingerprint density at radius 2 is 2.27 bits per heavy atom. The summed E-state index contributed by atoms with van der Waals surface area (Å²) in [4.78, 5) is 14.4. The summed E-state index contributed by atoms with van der Waals surface area (Å²) in [6, 6.07) is 2.89. The molecule has 4 nitrogen and oxygen atoms in total. The summed E-state index contributed by atoms with van der Waals surface area (Å²) in [6.45, 7) is 0. The third kappa shape index (κ3) is 1.66. The van der Waals surface area contributed by atoms with Crippen LogP contribution in [0.3, 0.4) is 0 Å². The van der Waals surface area contributed by atoms with E-state index in [0.717, 1.165) is 0 Å². The first-order valence-electron chi connectivity index (χ1n) is 4.18. The molecule has 0 aliphatic carbocycles. The third-order valence-electron chi connectivity index (χ3n) is 2.08. The van der Waals surface area contributed by atoms with Crippen LogP contribution < -0.4 is 11.1 Å². The van der Waals surface area contributed by atoms with Gasteiger partial charge in [0.25, 0.3) is 0 Å². The molecule has 0 aromatic heterocycles. The van der Waals surface area contributed by atoms with Gasteiger partial charge in [-0.3, -0.25) is 0 Å². The van der Waals surface area contributed by atoms with Crippen LogP contribution in [0.4, 0.5) is 9.18 Å². The molecule has 6 heteroatoms. The molecule has 0 spiro atoms. The van der Waals surface area contributed by atoms with Crippen molar-refractivity contribution in [3.05, 3.63) is 34.6 Å². The van der Waals surface area contributed by atoms with E-state index < -0.39 is 17.9 Å². The Bertz CT molecular complexity index is 440. The molecule has 1 aromatic rings. The Labute approximate surface area is 89.9 Å². The molecule has 2 rings (SSSR count). The van der Waals surface area contributed by atoms with Crippen LogP contribution in [0.25, 0.3) is 0 Å². The highest BCUT2D eigenvalue weighted by Gasteiger charge is 2.29. The maximum Gasteiger partial charge on any atom is 0.343 e. The second kappa shape index (κ2) is 3.51. The lowest BCUT2D eigenvalue weighted by atomic mass is 10.1. The van der Waals surface area contributed by atoms with Crippen molar-refractivity contribution in [3.63, 3.8) is 0 Å². The van der Waals surface area contributed by atoms with Gasteiger partial charge in [-0.2, -0.15) is 4.99 Å². The van der Waals surface area contributed by atoms with Crippen molar-refractivity contribution < 1.29 is 9.18 Å². The predicted octanol–water partition coefficient (Wildman–Crippen LogP) is 1.60. The van der Waals surface area contributed by atoms with Gasteiger partial charge in [-0.15, -0.1) is 0 Å². The molecule has 2 amide bonds. The van der Waals surface area contributed by atoms with E-state index >= 15 is 0 Å². The zero-order chi connectivity index (χ0) is 11.0. The summed E-state index contributed by atoms with van der Waals surface area (Å²) in [5, 5.41) is 2.62. The van der Waals surface area contributed by atoms with Crippen molar-refractivity contribution in [3.8, 4) is 0 Å². The van der Waals surface area contributed by atoms with Crippen molar-refractivity contribution in [2.75, 3.05) is 0 Å². The van der Waals surface area contributed by atoms with Crippen LogP contribution in [0.15, 0.2) is 23.2 Å². The maximum absolute atomic E-state index is 13.5. The molecule has 78 valence electrons. The first-order valence-corrected chi connectivity index (χ1v) is 4.56. The van der Waals surface area contributed by atoms with E-state index in [4.69, 9.17) is 17.3 Å². The Balaban J connectivity index is 2.47. The first-order chi connectivity index (χ1) is 7.09. The fourth-order valence-electron chi connectivity index (χ4n) is 1.42. The molecular weight excluding hydrogens is 221 g/mol.